The summed E-state index contributed by atoms with van der Waals surface area (Å²) in [5, 5.41) is 9.63. The van der Waals surface area contributed by atoms with Gasteiger partial charge in [0.1, 0.15) is 11.2 Å². The van der Waals surface area contributed by atoms with Crippen LogP contribution < -0.4 is 4.90 Å². The number of nitrogens with zero attached hydrogens (tertiary/aromatic N) is 2. The van der Waals surface area contributed by atoms with Gasteiger partial charge in [-0.3, -0.25) is 0 Å². The molecule has 3 heteroatoms. The standard InChI is InChI=1S/C56H36N2O/c1-2-12-37(13-3-1)45-20-10-15-40-16-11-21-46(55(40)45)39-24-27-41(28-25-39)57(44-33-35-53-50(36-44)56-47-17-5-4-14-38(47)26-34-54(56)59-53)42-29-31-43(32-30-42)58-51-22-8-6-18-48(51)49-19-7-9-23-52(49)58/h1-36H. The molecule has 0 amide bonds. The maximum absolute atomic E-state index is 6.45. The van der Waals surface area contributed by atoms with Crippen LogP contribution in [0.1, 0.15) is 0 Å². The average molecular weight is 753 g/mol. The number of aromatic nitrogens is 1. The van der Waals surface area contributed by atoms with E-state index in [-0.39, 0.29) is 0 Å². The number of hydrogen-bond acceptors (Lipinski definition) is 2. The summed E-state index contributed by atoms with van der Waals surface area (Å²) in [5.74, 6) is 0. The van der Waals surface area contributed by atoms with E-state index in [0.29, 0.717) is 0 Å². The lowest BCUT2D eigenvalue weighted by molar-refractivity contribution is 0.669. The summed E-state index contributed by atoms with van der Waals surface area (Å²) in [4.78, 5) is 2.36. The lowest BCUT2D eigenvalue weighted by Crippen LogP contribution is -2.10. The Morgan fingerprint density at radius 1 is 0.339 bits per heavy atom. The number of hydrogen-bond donors (Lipinski definition) is 0. The van der Waals surface area contributed by atoms with Crippen molar-refractivity contribution in [2.75, 3.05) is 4.90 Å². The molecule has 0 aliphatic rings. The second kappa shape index (κ2) is 13.4. The van der Waals surface area contributed by atoms with Gasteiger partial charge in [0.15, 0.2) is 0 Å². The second-order valence-corrected chi connectivity index (χ2v) is 15.3. The first-order valence-corrected chi connectivity index (χ1v) is 20.2. The van der Waals surface area contributed by atoms with Gasteiger partial charge in [0.25, 0.3) is 0 Å². The minimum Gasteiger partial charge on any atom is -0.456 e. The van der Waals surface area contributed by atoms with E-state index in [9.17, 15) is 0 Å². The Morgan fingerprint density at radius 3 is 1.58 bits per heavy atom. The number of anilines is 3. The largest absolute Gasteiger partial charge is 0.456 e. The molecule has 0 N–H and O–H groups in total. The highest BCUT2D eigenvalue weighted by Crippen LogP contribution is 2.43. The van der Waals surface area contributed by atoms with Crippen LogP contribution in [0.2, 0.25) is 0 Å². The number of benzene rings is 10. The summed E-state index contributed by atoms with van der Waals surface area (Å²) < 4.78 is 8.83. The van der Waals surface area contributed by atoms with Crippen LogP contribution in [-0.4, -0.2) is 4.57 Å². The summed E-state index contributed by atoms with van der Waals surface area (Å²) >= 11 is 0. The third-order valence-corrected chi connectivity index (χ3v) is 12.0. The summed E-state index contributed by atoms with van der Waals surface area (Å²) in [6.07, 6.45) is 0. The summed E-state index contributed by atoms with van der Waals surface area (Å²) in [5.41, 5.74) is 13.3. The van der Waals surface area contributed by atoms with Gasteiger partial charge in [-0.05, 0) is 117 Å². The second-order valence-electron chi connectivity index (χ2n) is 15.3. The van der Waals surface area contributed by atoms with Crippen LogP contribution in [0.5, 0.6) is 0 Å². The van der Waals surface area contributed by atoms with Crippen LogP contribution in [0.15, 0.2) is 223 Å². The van der Waals surface area contributed by atoms with E-state index in [1.165, 1.54) is 65.6 Å². The van der Waals surface area contributed by atoms with Gasteiger partial charge in [0, 0.05) is 44.3 Å². The fourth-order valence-corrected chi connectivity index (χ4v) is 9.30. The highest BCUT2D eigenvalue weighted by molar-refractivity contribution is 6.19. The predicted molar refractivity (Wildman–Crippen MR) is 249 cm³/mol. The minimum absolute atomic E-state index is 0.877. The van der Waals surface area contributed by atoms with Crippen LogP contribution in [-0.2, 0) is 0 Å². The molecule has 276 valence electrons. The van der Waals surface area contributed by atoms with E-state index in [2.05, 4.69) is 228 Å². The fourth-order valence-electron chi connectivity index (χ4n) is 9.30. The Morgan fingerprint density at radius 2 is 0.881 bits per heavy atom. The van der Waals surface area contributed by atoms with E-state index in [0.717, 1.165) is 44.7 Å². The van der Waals surface area contributed by atoms with Crippen LogP contribution in [0.4, 0.5) is 17.1 Å². The lowest BCUT2D eigenvalue weighted by atomic mass is 9.91. The first-order chi connectivity index (χ1) is 29.3. The van der Waals surface area contributed by atoms with Crippen molar-refractivity contribution in [1.82, 2.24) is 4.57 Å². The molecule has 10 aromatic carbocycles. The van der Waals surface area contributed by atoms with Gasteiger partial charge in [-0.1, -0.05) is 146 Å². The number of furan rings is 1. The van der Waals surface area contributed by atoms with Gasteiger partial charge in [-0.15, -0.1) is 0 Å². The van der Waals surface area contributed by atoms with Crippen molar-refractivity contribution in [3.05, 3.63) is 218 Å². The molecule has 2 aromatic heterocycles. The molecule has 0 atom stereocenters. The van der Waals surface area contributed by atoms with Crippen molar-refractivity contribution in [2.45, 2.75) is 0 Å². The van der Waals surface area contributed by atoms with Gasteiger partial charge < -0.3 is 13.9 Å². The molecule has 0 aliphatic heterocycles. The average Bonchev–Trinajstić information content (AvgIpc) is 3.85. The smallest absolute Gasteiger partial charge is 0.136 e. The van der Waals surface area contributed by atoms with Crippen molar-refractivity contribution in [3.63, 3.8) is 0 Å². The predicted octanol–water partition coefficient (Wildman–Crippen LogP) is 15.8. The van der Waals surface area contributed by atoms with Gasteiger partial charge in [0.05, 0.1) is 11.0 Å². The van der Waals surface area contributed by atoms with Crippen molar-refractivity contribution in [1.29, 1.82) is 0 Å². The molecule has 2 heterocycles. The number of fused-ring (bicyclic) bond motifs is 9. The molecule has 0 fully saturated rings. The Bertz CT molecular complexity index is 3480. The van der Waals surface area contributed by atoms with Crippen molar-refractivity contribution in [3.8, 4) is 27.9 Å². The van der Waals surface area contributed by atoms with Crippen LogP contribution in [0.3, 0.4) is 0 Å². The molecule has 0 spiro atoms. The highest BCUT2D eigenvalue weighted by Gasteiger charge is 2.19. The molecule has 3 nitrogen and oxygen atoms in total. The summed E-state index contributed by atoms with van der Waals surface area (Å²) in [7, 11) is 0. The summed E-state index contributed by atoms with van der Waals surface area (Å²) in [6.45, 7) is 0. The zero-order valence-corrected chi connectivity index (χ0v) is 32.1. The number of rotatable bonds is 6. The van der Waals surface area contributed by atoms with E-state index < -0.39 is 0 Å². The molecule has 0 saturated carbocycles. The van der Waals surface area contributed by atoms with Crippen molar-refractivity contribution >= 4 is 82.4 Å². The Balaban J connectivity index is 1.02. The molecule has 0 unspecified atom stereocenters. The molecule has 0 bridgehead atoms. The van der Waals surface area contributed by atoms with Crippen molar-refractivity contribution < 1.29 is 4.42 Å². The topological polar surface area (TPSA) is 21.3 Å². The lowest BCUT2D eigenvalue weighted by Gasteiger charge is -2.26. The quantitative estimate of drug-likeness (QED) is 0.169. The maximum Gasteiger partial charge on any atom is 0.136 e. The minimum atomic E-state index is 0.877. The molecule has 0 radical (unpaired) electrons. The van der Waals surface area contributed by atoms with E-state index in [4.69, 9.17) is 4.42 Å². The first-order valence-electron chi connectivity index (χ1n) is 20.2. The zero-order valence-electron chi connectivity index (χ0n) is 32.1. The third kappa shape index (κ3) is 5.36. The molecular weight excluding hydrogens is 717 g/mol. The Hall–Kier alpha value is -7.88. The van der Waals surface area contributed by atoms with Crippen LogP contribution in [0.25, 0.3) is 93.2 Å². The van der Waals surface area contributed by atoms with E-state index >= 15 is 0 Å². The molecule has 12 aromatic rings. The zero-order chi connectivity index (χ0) is 38.9. The van der Waals surface area contributed by atoms with Crippen LogP contribution in [0, 0.1) is 0 Å². The SMILES string of the molecule is c1ccc(-c2cccc3cccc(-c4ccc(N(c5ccc(-n6c7ccccc7c7ccccc76)cc5)c5ccc6oc7ccc8ccccc8c7c6c5)cc4)c23)cc1. The third-order valence-electron chi connectivity index (χ3n) is 12.0. The highest BCUT2D eigenvalue weighted by atomic mass is 16.3. The summed E-state index contributed by atoms with van der Waals surface area (Å²) in [6, 6.07) is 78.7. The first kappa shape index (κ1) is 33.3. The molecule has 12 rings (SSSR count). The molecule has 0 saturated heterocycles. The Kier molecular flexibility index (Phi) is 7.54. The van der Waals surface area contributed by atoms with Crippen molar-refractivity contribution in [2.24, 2.45) is 0 Å². The van der Waals surface area contributed by atoms with Gasteiger partial charge >= 0.3 is 0 Å². The van der Waals surface area contributed by atoms with E-state index in [1.807, 2.05) is 0 Å². The Labute approximate surface area is 341 Å². The maximum atomic E-state index is 6.45. The number of para-hydroxylation sites is 2. The van der Waals surface area contributed by atoms with Gasteiger partial charge in [-0.2, -0.15) is 0 Å². The van der Waals surface area contributed by atoms with Crippen LogP contribution >= 0.6 is 0 Å². The van der Waals surface area contributed by atoms with Gasteiger partial charge in [-0.25, -0.2) is 0 Å². The normalized spacial score (nSPS) is 11.7. The van der Waals surface area contributed by atoms with Gasteiger partial charge in [0.2, 0.25) is 0 Å². The monoisotopic (exact) mass is 752 g/mol. The van der Waals surface area contributed by atoms with E-state index in [1.54, 1.807) is 0 Å². The molecular formula is C56H36N2O. The molecule has 0 aliphatic carbocycles. The fraction of sp³-hybridized carbons (Fsp3) is 0. The molecule has 59 heavy (non-hydrogen) atoms.